The maximum absolute atomic E-state index is 12.3. The lowest BCUT2D eigenvalue weighted by Crippen LogP contribution is -2.49. The van der Waals surface area contributed by atoms with Crippen molar-refractivity contribution in [1.82, 2.24) is 5.32 Å². The summed E-state index contributed by atoms with van der Waals surface area (Å²) in [6.07, 6.45) is 1.58. The molecule has 1 aromatic rings. The third-order valence-electron chi connectivity index (χ3n) is 3.94. The number of nitrogens with one attached hydrogen (secondary N) is 1. The van der Waals surface area contributed by atoms with Crippen molar-refractivity contribution < 1.29 is 19.0 Å². The predicted molar refractivity (Wildman–Crippen MR) is 85.9 cm³/mol. The van der Waals surface area contributed by atoms with Crippen LogP contribution in [0.25, 0.3) is 0 Å². The van der Waals surface area contributed by atoms with Gasteiger partial charge in [-0.15, -0.1) is 0 Å². The van der Waals surface area contributed by atoms with E-state index in [0.717, 1.165) is 12.8 Å². The van der Waals surface area contributed by atoms with E-state index in [4.69, 9.17) is 19.9 Å². The van der Waals surface area contributed by atoms with Crippen LogP contribution >= 0.6 is 0 Å². The van der Waals surface area contributed by atoms with Crippen molar-refractivity contribution in [3.63, 3.8) is 0 Å². The first-order valence-corrected chi connectivity index (χ1v) is 7.31. The third kappa shape index (κ3) is 4.04. The van der Waals surface area contributed by atoms with Gasteiger partial charge in [0.1, 0.15) is 0 Å². The molecular formula is C16H26N2O4. The second-order valence-electron chi connectivity index (χ2n) is 5.17. The lowest BCUT2D eigenvalue weighted by Gasteiger charge is -2.26. The molecule has 22 heavy (non-hydrogen) atoms. The Morgan fingerprint density at radius 2 is 1.59 bits per heavy atom. The molecule has 6 heteroatoms. The minimum Gasteiger partial charge on any atom is -0.493 e. The number of rotatable bonds is 8. The maximum atomic E-state index is 12.3. The lowest BCUT2D eigenvalue weighted by molar-refractivity contribution is 0.0941. The van der Waals surface area contributed by atoms with E-state index >= 15 is 0 Å². The predicted octanol–water partition coefficient (Wildman–Crippen LogP) is 1.96. The van der Waals surface area contributed by atoms with Crippen molar-refractivity contribution in [2.75, 3.05) is 27.9 Å². The van der Waals surface area contributed by atoms with Crippen LogP contribution in [-0.4, -0.2) is 39.3 Å². The molecule has 0 aliphatic carbocycles. The van der Waals surface area contributed by atoms with Crippen molar-refractivity contribution in [2.45, 2.75) is 32.2 Å². The van der Waals surface area contributed by atoms with E-state index in [1.54, 1.807) is 12.1 Å². The van der Waals surface area contributed by atoms with Gasteiger partial charge in [-0.3, -0.25) is 4.79 Å². The number of nitrogens with two attached hydrogens (primary N) is 1. The molecule has 0 heterocycles. The Labute approximate surface area is 131 Å². The molecule has 0 spiro atoms. The minimum absolute atomic E-state index is 0.226. The van der Waals surface area contributed by atoms with Gasteiger partial charge in [0.25, 0.3) is 5.91 Å². The van der Waals surface area contributed by atoms with Gasteiger partial charge in [-0.1, -0.05) is 13.8 Å². The molecule has 0 aliphatic heterocycles. The first-order valence-electron chi connectivity index (χ1n) is 7.31. The summed E-state index contributed by atoms with van der Waals surface area (Å²) in [5.41, 5.74) is 6.24. The smallest absolute Gasteiger partial charge is 0.251 e. The Morgan fingerprint density at radius 1 is 1.09 bits per heavy atom. The van der Waals surface area contributed by atoms with Gasteiger partial charge in [-0.05, 0) is 25.0 Å². The number of amides is 1. The summed E-state index contributed by atoms with van der Waals surface area (Å²) in [6.45, 7) is 4.43. The fraction of sp³-hybridized carbons (Fsp3) is 0.562. The Bertz CT molecular complexity index is 488. The summed E-state index contributed by atoms with van der Waals surface area (Å²) < 4.78 is 15.7. The quantitative estimate of drug-likeness (QED) is 0.767. The van der Waals surface area contributed by atoms with Crippen LogP contribution in [-0.2, 0) is 0 Å². The standard InChI is InChI=1S/C16H26N2O4/c1-6-16(17,7-2)10-18-15(19)11-8-12(20-3)14(22-5)13(9-11)21-4/h8-9H,6-7,10,17H2,1-5H3,(H,18,19). The molecule has 1 rings (SSSR count). The summed E-state index contributed by atoms with van der Waals surface area (Å²) >= 11 is 0. The monoisotopic (exact) mass is 310 g/mol. The molecule has 1 amide bonds. The molecule has 0 aromatic heterocycles. The number of carbonyl (C=O) groups excluding carboxylic acids is 1. The first kappa shape index (κ1) is 18.1. The van der Waals surface area contributed by atoms with Gasteiger partial charge in [-0.2, -0.15) is 0 Å². The summed E-state index contributed by atoms with van der Waals surface area (Å²) in [4.78, 5) is 12.3. The molecule has 0 fully saturated rings. The minimum atomic E-state index is -0.393. The molecule has 0 radical (unpaired) electrons. The molecule has 0 atom stereocenters. The largest absolute Gasteiger partial charge is 0.493 e. The fourth-order valence-electron chi connectivity index (χ4n) is 2.07. The SMILES string of the molecule is CCC(N)(CC)CNC(=O)c1cc(OC)c(OC)c(OC)c1. The number of carbonyl (C=O) groups is 1. The summed E-state index contributed by atoms with van der Waals surface area (Å²) in [5.74, 6) is 1.11. The Balaban J connectivity index is 2.99. The second kappa shape index (κ2) is 7.89. The van der Waals surface area contributed by atoms with Crippen LogP contribution in [0, 0.1) is 0 Å². The number of hydrogen-bond donors (Lipinski definition) is 2. The second-order valence-corrected chi connectivity index (χ2v) is 5.17. The summed E-state index contributed by atoms with van der Waals surface area (Å²) in [5, 5.41) is 2.87. The highest BCUT2D eigenvalue weighted by Gasteiger charge is 2.22. The van der Waals surface area contributed by atoms with Gasteiger partial charge in [0.05, 0.1) is 21.3 Å². The normalized spacial score (nSPS) is 11.0. The topological polar surface area (TPSA) is 82.8 Å². The van der Waals surface area contributed by atoms with E-state index < -0.39 is 5.54 Å². The lowest BCUT2D eigenvalue weighted by atomic mass is 9.94. The zero-order valence-corrected chi connectivity index (χ0v) is 14.0. The first-order chi connectivity index (χ1) is 10.4. The van der Waals surface area contributed by atoms with E-state index in [9.17, 15) is 4.79 Å². The Hall–Kier alpha value is -1.95. The molecule has 3 N–H and O–H groups in total. The van der Waals surface area contributed by atoms with E-state index in [1.165, 1.54) is 21.3 Å². The van der Waals surface area contributed by atoms with Crippen molar-refractivity contribution in [2.24, 2.45) is 5.73 Å². The van der Waals surface area contributed by atoms with Gasteiger partial charge in [0.15, 0.2) is 11.5 Å². The highest BCUT2D eigenvalue weighted by molar-refractivity contribution is 5.95. The summed E-state index contributed by atoms with van der Waals surface area (Å²) in [7, 11) is 4.54. The van der Waals surface area contributed by atoms with E-state index in [0.29, 0.717) is 29.4 Å². The maximum Gasteiger partial charge on any atom is 0.251 e. The van der Waals surface area contributed by atoms with Crippen LogP contribution in [0.2, 0.25) is 0 Å². The molecule has 124 valence electrons. The molecule has 0 unspecified atom stereocenters. The molecular weight excluding hydrogens is 284 g/mol. The number of ether oxygens (including phenoxy) is 3. The third-order valence-corrected chi connectivity index (χ3v) is 3.94. The molecule has 0 saturated heterocycles. The zero-order valence-electron chi connectivity index (χ0n) is 14.0. The fourth-order valence-corrected chi connectivity index (χ4v) is 2.07. The van der Waals surface area contributed by atoms with Gasteiger partial charge >= 0.3 is 0 Å². The summed E-state index contributed by atoms with van der Waals surface area (Å²) in [6, 6.07) is 3.24. The van der Waals surface area contributed by atoms with Gasteiger partial charge < -0.3 is 25.3 Å². The number of hydrogen-bond acceptors (Lipinski definition) is 5. The molecule has 0 bridgehead atoms. The van der Waals surface area contributed by atoms with Crippen LogP contribution in [0.1, 0.15) is 37.0 Å². The Kier molecular flexibility index (Phi) is 6.49. The van der Waals surface area contributed by atoms with Gasteiger partial charge in [0.2, 0.25) is 5.75 Å². The molecule has 0 saturated carbocycles. The number of benzene rings is 1. The van der Waals surface area contributed by atoms with Crippen molar-refractivity contribution in [3.05, 3.63) is 17.7 Å². The molecule has 0 aliphatic rings. The van der Waals surface area contributed by atoms with E-state index in [-0.39, 0.29) is 5.91 Å². The number of methoxy groups -OCH3 is 3. The molecule has 6 nitrogen and oxygen atoms in total. The van der Waals surface area contributed by atoms with Gasteiger partial charge in [0, 0.05) is 17.6 Å². The zero-order chi connectivity index (χ0) is 16.8. The van der Waals surface area contributed by atoms with Gasteiger partial charge in [-0.25, -0.2) is 0 Å². The molecule has 1 aromatic carbocycles. The van der Waals surface area contributed by atoms with Crippen molar-refractivity contribution in [1.29, 1.82) is 0 Å². The van der Waals surface area contributed by atoms with Crippen LogP contribution in [0.5, 0.6) is 17.2 Å². The Morgan fingerprint density at radius 3 is 1.95 bits per heavy atom. The average molecular weight is 310 g/mol. The average Bonchev–Trinajstić information content (AvgIpc) is 2.57. The van der Waals surface area contributed by atoms with Crippen molar-refractivity contribution >= 4 is 5.91 Å². The highest BCUT2D eigenvalue weighted by Crippen LogP contribution is 2.38. The van der Waals surface area contributed by atoms with Crippen LogP contribution < -0.4 is 25.3 Å². The van der Waals surface area contributed by atoms with Crippen LogP contribution in [0.15, 0.2) is 12.1 Å². The van der Waals surface area contributed by atoms with E-state index in [1.807, 2.05) is 13.8 Å². The van der Waals surface area contributed by atoms with E-state index in [2.05, 4.69) is 5.32 Å². The van der Waals surface area contributed by atoms with Crippen molar-refractivity contribution in [3.8, 4) is 17.2 Å². The van der Waals surface area contributed by atoms with Crippen LogP contribution in [0.4, 0.5) is 0 Å². The highest BCUT2D eigenvalue weighted by atomic mass is 16.5. The van der Waals surface area contributed by atoms with Crippen LogP contribution in [0.3, 0.4) is 0 Å².